The molecule has 1 unspecified atom stereocenters. The van der Waals surface area contributed by atoms with Gasteiger partial charge in [0.05, 0.1) is 0 Å². The number of aliphatic hydroxyl groups is 1. The van der Waals surface area contributed by atoms with E-state index in [2.05, 4.69) is 5.32 Å². The van der Waals surface area contributed by atoms with Gasteiger partial charge in [-0.3, -0.25) is 4.79 Å². The summed E-state index contributed by atoms with van der Waals surface area (Å²) in [5.41, 5.74) is 0. The molecular weight excluding hydrogens is 222 g/mol. The van der Waals surface area contributed by atoms with E-state index >= 15 is 0 Å². The lowest BCUT2D eigenvalue weighted by atomic mass is 10.1. The molecule has 1 rings (SSSR count). The molecule has 0 bridgehead atoms. The van der Waals surface area contributed by atoms with Gasteiger partial charge in [0.2, 0.25) is 5.91 Å². The minimum atomic E-state index is -0.103. The Morgan fingerprint density at radius 1 is 1.69 bits per heavy atom. The summed E-state index contributed by atoms with van der Waals surface area (Å²) in [6.07, 6.45) is 4.77. The van der Waals surface area contributed by atoms with Crippen LogP contribution >= 0.6 is 11.3 Å². The Morgan fingerprint density at radius 2 is 2.50 bits per heavy atom. The van der Waals surface area contributed by atoms with Gasteiger partial charge in [-0.15, -0.1) is 11.3 Å². The van der Waals surface area contributed by atoms with Crippen molar-refractivity contribution in [2.24, 2.45) is 0 Å². The van der Waals surface area contributed by atoms with Crippen LogP contribution in [0.1, 0.15) is 24.6 Å². The molecule has 0 saturated heterocycles. The number of amides is 1. The highest BCUT2D eigenvalue weighted by atomic mass is 32.1. The smallest absolute Gasteiger partial charge is 0.244 e. The molecule has 0 radical (unpaired) electrons. The Morgan fingerprint density at radius 3 is 3.06 bits per heavy atom. The summed E-state index contributed by atoms with van der Waals surface area (Å²) in [6, 6.07) is 3.97. The van der Waals surface area contributed by atoms with Crippen molar-refractivity contribution >= 4 is 23.3 Å². The predicted molar refractivity (Wildman–Crippen MR) is 67.3 cm³/mol. The average Bonchev–Trinajstić information content (AvgIpc) is 2.78. The van der Waals surface area contributed by atoms with Gasteiger partial charge >= 0.3 is 0 Å². The third-order valence-corrected chi connectivity index (χ3v) is 3.10. The Kier molecular flexibility index (Phi) is 5.82. The van der Waals surface area contributed by atoms with Crippen LogP contribution in [0.2, 0.25) is 0 Å². The number of rotatable bonds is 6. The number of nitrogens with one attached hydrogen (secondary N) is 1. The Labute approximate surface area is 99.8 Å². The largest absolute Gasteiger partial charge is 0.396 e. The van der Waals surface area contributed by atoms with Gasteiger partial charge in [0.25, 0.3) is 0 Å². The Bertz CT molecular complexity index is 333. The van der Waals surface area contributed by atoms with E-state index in [1.54, 1.807) is 17.4 Å². The van der Waals surface area contributed by atoms with Crippen molar-refractivity contribution in [2.75, 3.05) is 6.61 Å². The van der Waals surface area contributed by atoms with Crippen LogP contribution in [0.4, 0.5) is 0 Å². The van der Waals surface area contributed by atoms with Crippen LogP contribution in [0.5, 0.6) is 0 Å². The van der Waals surface area contributed by atoms with Crippen molar-refractivity contribution in [1.82, 2.24) is 5.32 Å². The molecule has 16 heavy (non-hydrogen) atoms. The molecule has 1 aromatic rings. The summed E-state index contributed by atoms with van der Waals surface area (Å²) in [5, 5.41) is 13.6. The highest BCUT2D eigenvalue weighted by molar-refractivity contribution is 7.10. The van der Waals surface area contributed by atoms with E-state index in [0.717, 1.165) is 11.3 Å². The lowest BCUT2D eigenvalue weighted by Gasteiger charge is -2.13. The molecule has 88 valence electrons. The topological polar surface area (TPSA) is 49.3 Å². The van der Waals surface area contributed by atoms with Crippen LogP contribution < -0.4 is 5.32 Å². The standard InChI is InChI=1S/C12H17NO2S/c1-2-10(7-8-14)13-12(15)6-5-11-4-3-9-16-11/h3-6,9-10,14H,2,7-8H2,1H3,(H,13,15)/b6-5+. The Hall–Kier alpha value is -1.13. The first-order chi connectivity index (χ1) is 7.76. The van der Waals surface area contributed by atoms with Gasteiger partial charge < -0.3 is 10.4 Å². The summed E-state index contributed by atoms with van der Waals surface area (Å²) in [4.78, 5) is 12.6. The predicted octanol–water partition coefficient (Wildman–Crippen LogP) is 2.04. The Balaban J connectivity index is 2.40. The monoisotopic (exact) mass is 239 g/mol. The summed E-state index contributed by atoms with van der Waals surface area (Å²) in [5.74, 6) is -0.103. The maximum Gasteiger partial charge on any atom is 0.244 e. The van der Waals surface area contributed by atoms with Gasteiger partial charge in [0.15, 0.2) is 0 Å². The third-order valence-electron chi connectivity index (χ3n) is 2.26. The van der Waals surface area contributed by atoms with Crippen LogP contribution in [0.15, 0.2) is 23.6 Å². The quantitative estimate of drug-likeness (QED) is 0.746. The zero-order valence-electron chi connectivity index (χ0n) is 9.35. The molecule has 0 saturated carbocycles. The fourth-order valence-corrected chi connectivity index (χ4v) is 1.95. The highest BCUT2D eigenvalue weighted by Gasteiger charge is 2.06. The summed E-state index contributed by atoms with van der Waals surface area (Å²) in [6.45, 7) is 2.09. The van der Waals surface area contributed by atoms with E-state index in [-0.39, 0.29) is 18.6 Å². The van der Waals surface area contributed by atoms with Crippen molar-refractivity contribution in [3.63, 3.8) is 0 Å². The molecule has 1 atom stereocenters. The van der Waals surface area contributed by atoms with Gasteiger partial charge in [-0.25, -0.2) is 0 Å². The minimum Gasteiger partial charge on any atom is -0.396 e. The van der Waals surface area contributed by atoms with Gasteiger partial charge in [-0.2, -0.15) is 0 Å². The lowest BCUT2D eigenvalue weighted by molar-refractivity contribution is -0.117. The summed E-state index contributed by atoms with van der Waals surface area (Å²) in [7, 11) is 0. The molecule has 0 aromatic carbocycles. The van der Waals surface area contributed by atoms with E-state index in [0.29, 0.717) is 6.42 Å². The molecule has 0 aliphatic carbocycles. The number of aliphatic hydroxyl groups excluding tert-OH is 1. The number of hydrogen-bond acceptors (Lipinski definition) is 3. The molecule has 4 heteroatoms. The van der Waals surface area contributed by atoms with Crippen molar-refractivity contribution in [3.8, 4) is 0 Å². The fourth-order valence-electron chi connectivity index (χ4n) is 1.33. The van der Waals surface area contributed by atoms with E-state index < -0.39 is 0 Å². The number of carbonyl (C=O) groups excluding carboxylic acids is 1. The second kappa shape index (κ2) is 7.19. The maximum absolute atomic E-state index is 11.5. The van der Waals surface area contributed by atoms with Crippen LogP contribution in [-0.4, -0.2) is 23.7 Å². The van der Waals surface area contributed by atoms with E-state index in [1.165, 1.54) is 6.08 Å². The molecule has 0 fully saturated rings. The van der Waals surface area contributed by atoms with Gasteiger partial charge in [0.1, 0.15) is 0 Å². The number of hydrogen-bond donors (Lipinski definition) is 2. The van der Waals surface area contributed by atoms with E-state index in [1.807, 2.05) is 24.4 Å². The van der Waals surface area contributed by atoms with Crippen LogP contribution in [0.25, 0.3) is 6.08 Å². The number of carbonyl (C=O) groups is 1. The highest BCUT2D eigenvalue weighted by Crippen LogP contribution is 2.09. The van der Waals surface area contributed by atoms with Gasteiger partial charge in [-0.05, 0) is 30.4 Å². The molecular formula is C12H17NO2S. The molecule has 2 N–H and O–H groups in total. The van der Waals surface area contributed by atoms with E-state index in [4.69, 9.17) is 5.11 Å². The maximum atomic E-state index is 11.5. The van der Waals surface area contributed by atoms with Gasteiger partial charge in [0, 0.05) is 23.6 Å². The second-order valence-corrected chi connectivity index (χ2v) is 4.45. The molecule has 1 aromatic heterocycles. The van der Waals surface area contributed by atoms with Gasteiger partial charge in [-0.1, -0.05) is 13.0 Å². The molecule has 0 spiro atoms. The molecule has 0 aliphatic rings. The second-order valence-electron chi connectivity index (χ2n) is 3.47. The first-order valence-corrected chi connectivity index (χ1v) is 6.27. The first-order valence-electron chi connectivity index (χ1n) is 5.39. The lowest BCUT2D eigenvalue weighted by Crippen LogP contribution is -2.33. The molecule has 1 amide bonds. The normalized spacial score (nSPS) is 12.9. The van der Waals surface area contributed by atoms with Crippen LogP contribution in [-0.2, 0) is 4.79 Å². The van der Waals surface area contributed by atoms with Crippen molar-refractivity contribution in [2.45, 2.75) is 25.8 Å². The van der Waals surface area contributed by atoms with Crippen molar-refractivity contribution in [1.29, 1.82) is 0 Å². The fraction of sp³-hybridized carbons (Fsp3) is 0.417. The third kappa shape index (κ3) is 4.59. The average molecular weight is 239 g/mol. The van der Waals surface area contributed by atoms with Crippen LogP contribution in [0.3, 0.4) is 0 Å². The summed E-state index contributed by atoms with van der Waals surface area (Å²) < 4.78 is 0. The molecule has 0 aliphatic heterocycles. The zero-order chi connectivity index (χ0) is 11.8. The van der Waals surface area contributed by atoms with Crippen LogP contribution in [0, 0.1) is 0 Å². The van der Waals surface area contributed by atoms with Crippen molar-refractivity contribution in [3.05, 3.63) is 28.5 Å². The van der Waals surface area contributed by atoms with Crippen molar-refractivity contribution < 1.29 is 9.90 Å². The summed E-state index contributed by atoms with van der Waals surface area (Å²) >= 11 is 1.59. The van der Waals surface area contributed by atoms with E-state index in [9.17, 15) is 4.79 Å². The SMILES string of the molecule is CCC(CCO)NC(=O)/C=C/c1cccs1. The first kappa shape index (κ1) is 12.9. The zero-order valence-corrected chi connectivity index (χ0v) is 10.2. The molecule has 3 nitrogen and oxygen atoms in total. The molecule has 1 heterocycles. The number of thiophene rings is 1. The minimum absolute atomic E-state index is 0.0606.